The van der Waals surface area contributed by atoms with Crippen molar-refractivity contribution in [1.82, 2.24) is 9.62 Å². The SMILES string of the molecule is CCOP(=O)(COc1ccc(C[C@H](NC(=O)O)[C@H](O)CN(CC(C)CC)S(=O)(=O)c2ccc3c(c2)OCO3)cc1)OCC. The van der Waals surface area contributed by atoms with E-state index in [0.717, 1.165) is 0 Å². The highest BCUT2D eigenvalue weighted by Crippen LogP contribution is 2.47. The molecule has 0 aromatic heterocycles. The molecule has 15 heteroatoms. The van der Waals surface area contributed by atoms with Gasteiger partial charge in [0.1, 0.15) is 5.75 Å². The van der Waals surface area contributed by atoms with Crippen LogP contribution in [-0.2, 0) is 30.1 Å². The molecule has 3 N–H and O–H groups in total. The van der Waals surface area contributed by atoms with E-state index in [2.05, 4.69) is 5.32 Å². The zero-order chi connectivity index (χ0) is 31.6. The molecule has 13 nitrogen and oxygen atoms in total. The molecule has 1 unspecified atom stereocenters. The Kier molecular flexibility index (Phi) is 12.7. The first-order valence-electron chi connectivity index (χ1n) is 14.1. The van der Waals surface area contributed by atoms with E-state index < -0.39 is 35.9 Å². The van der Waals surface area contributed by atoms with Crippen molar-refractivity contribution in [2.24, 2.45) is 5.92 Å². The number of hydrogen-bond donors (Lipinski definition) is 3. The molecule has 1 aliphatic heterocycles. The van der Waals surface area contributed by atoms with Gasteiger partial charge in [-0.25, -0.2) is 13.2 Å². The fraction of sp³-hybridized carbons (Fsp3) is 0.536. The zero-order valence-corrected chi connectivity index (χ0v) is 26.5. The van der Waals surface area contributed by atoms with Crippen LogP contribution in [0.4, 0.5) is 4.79 Å². The first kappa shape index (κ1) is 34.6. The van der Waals surface area contributed by atoms with Crippen molar-refractivity contribution in [3.63, 3.8) is 0 Å². The third-order valence-corrected chi connectivity index (χ3v) is 10.4. The summed E-state index contributed by atoms with van der Waals surface area (Å²) in [7, 11) is -7.50. The molecule has 0 radical (unpaired) electrons. The summed E-state index contributed by atoms with van der Waals surface area (Å²) in [6.07, 6.45) is -2.27. The maximum Gasteiger partial charge on any atom is 0.404 e. The van der Waals surface area contributed by atoms with Gasteiger partial charge >= 0.3 is 13.7 Å². The van der Waals surface area contributed by atoms with Crippen molar-refractivity contribution in [3.05, 3.63) is 48.0 Å². The number of carboxylic acid groups (broad SMARTS) is 1. The fourth-order valence-corrected chi connectivity index (χ4v) is 7.26. The molecule has 0 bridgehead atoms. The second-order valence-electron chi connectivity index (χ2n) is 10.0. The van der Waals surface area contributed by atoms with E-state index >= 15 is 0 Å². The standard InChI is InChI=1S/C28H41N2O11PS/c1-5-20(4)16-30(43(35,36)23-12-13-26-27(15-23)38-18-37-26)17-25(31)24(29-28(32)33)14-21-8-10-22(11-9-21)39-19-42(34,40-6-2)41-7-3/h8-13,15,20,24-25,29,31H,5-7,14,16-19H2,1-4H3,(H,32,33)/t20?,24-,25+/m0/s1. The largest absolute Gasteiger partial charge is 0.481 e. The number of fused-ring (bicyclic) bond motifs is 1. The van der Waals surface area contributed by atoms with Gasteiger partial charge in [-0.3, -0.25) is 4.57 Å². The highest BCUT2D eigenvalue weighted by atomic mass is 32.2. The molecular weight excluding hydrogens is 603 g/mol. The molecular formula is C28H41N2O11PS. The second kappa shape index (κ2) is 15.7. The minimum absolute atomic E-state index is 0.00881. The van der Waals surface area contributed by atoms with E-state index in [1.165, 1.54) is 22.5 Å². The average molecular weight is 645 g/mol. The Morgan fingerprint density at radius 1 is 1.05 bits per heavy atom. The quantitative estimate of drug-likeness (QED) is 0.198. The van der Waals surface area contributed by atoms with Crippen LogP contribution in [0.15, 0.2) is 47.4 Å². The normalized spacial score (nSPS) is 15.2. The van der Waals surface area contributed by atoms with Gasteiger partial charge in [-0.2, -0.15) is 4.31 Å². The van der Waals surface area contributed by atoms with Gasteiger partial charge in [0.15, 0.2) is 17.8 Å². The first-order valence-corrected chi connectivity index (χ1v) is 17.2. The Labute approximate surface area is 252 Å². The first-order chi connectivity index (χ1) is 20.4. The topological polar surface area (TPSA) is 170 Å². The number of amides is 1. The Morgan fingerprint density at radius 2 is 1.70 bits per heavy atom. The van der Waals surface area contributed by atoms with Gasteiger partial charge in [0, 0.05) is 19.2 Å². The number of hydrogen-bond acceptors (Lipinski definition) is 10. The number of rotatable bonds is 18. The lowest BCUT2D eigenvalue weighted by Gasteiger charge is -2.30. The van der Waals surface area contributed by atoms with Crippen LogP contribution < -0.4 is 19.5 Å². The lowest BCUT2D eigenvalue weighted by Crippen LogP contribution is -2.50. The van der Waals surface area contributed by atoms with Gasteiger partial charge in [-0.15, -0.1) is 0 Å². The summed E-state index contributed by atoms with van der Waals surface area (Å²) in [6, 6.07) is 9.84. The molecule has 1 heterocycles. The molecule has 0 saturated heterocycles. The minimum Gasteiger partial charge on any atom is -0.481 e. The van der Waals surface area contributed by atoms with Crippen molar-refractivity contribution >= 4 is 23.7 Å². The van der Waals surface area contributed by atoms with Crippen LogP contribution in [0.1, 0.15) is 39.7 Å². The highest BCUT2D eigenvalue weighted by Gasteiger charge is 2.33. The van der Waals surface area contributed by atoms with Crippen molar-refractivity contribution in [1.29, 1.82) is 0 Å². The molecule has 0 fully saturated rings. The number of aliphatic hydroxyl groups is 1. The molecule has 2 aromatic rings. The molecule has 2 aromatic carbocycles. The van der Waals surface area contributed by atoms with Crippen molar-refractivity contribution in [3.8, 4) is 17.2 Å². The van der Waals surface area contributed by atoms with Crippen LogP contribution in [0.5, 0.6) is 17.2 Å². The van der Waals surface area contributed by atoms with Gasteiger partial charge in [0.05, 0.1) is 30.3 Å². The van der Waals surface area contributed by atoms with Crippen LogP contribution >= 0.6 is 7.60 Å². The van der Waals surface area contributed by atoms with Crippen LogP contribution in [0.25, 0.3) is 0 Å². The van der Waals surface area contributed by atoms with E-state index in [1.807, 2.05) is 13.8 Å². The predicted octanol–water partition coefficient (Wildman–Crippen LogP) is 4.29. The number of aliphatic hydroxyl groups excluding tert-OH is 1. The summed E-state index contributed by atoms with van der Waals surface area (Å²) in [6.45, 7) is 7.39. The van der Waals surface area contributed by atoms with Gasteiger partial charge < -0.3 is 38.8 Å². The maximum absolute atomic E-state index is 13.7. The molecule has 3 atom stereocenters. The van der Waals surface area contributed by atoms with E-state index in [9.17, 15) is 28.0 Å². The van der Waals surface area contributed by atoms with E-state index in [-0.39, 0.29) is 56.7 Å². The second-order valence-corrected chi connectivity index (χ2v) is 14.0. The van der Waals surface area contributed by atoms with Crippen LogP contribution in [-0.4, -0.2) is 80.6 Å². The van der Waals surface area contributed by atoms with Crippen LogP contribution in [0, 0.1) is 5.92 Å². The molecule has 0 spiro atoms. The number of carbonyl (C=O) groups is 1. The van der Waals surface area contributed by atoms with Crippen LogP contribution in [0.3, 0.4) is 0 Å². The third kappa shape index (κ3) is 9.82. The number of nitrogens with one attached hydrogen (secondary N) is 1. The summed E-state index contributed by atoms with van der Waals surface area (Å²) >= 11 is 0. The van der Waals surface area contributed by atoms with E-state index in [1.54, 1.807) is 38.1 Å². The zero-order valence-electron chi connectivity index (χ0n) is 24.8. The van der Waals surface area contributed by atoms with Gasteiger partial charge in [-0.1, -0.05) is 32.4 Å². The van der Waals surface area contributed by atoms with Gasteiger partial charge in [-0.05, 0) is 56.0 Å². The molecule has 1 aliphatic rings. The molecule has 0 aliphatic carbocycles. The summed E-state index contributed by atoms with van der Waals surface area (Å²) in [5, 5.41) is 23.0. The Hall–Kier alpha value is -2.87. The van der Waals surface area contributed by atoms with Gasteiger partial charge in [0.2, 0.25) is 16.8 Å². The molecule has 3 rings (SSSR count). The predicted molar refractivity (Wildman–Crippen MR) is 158 cm³/mol. The summed E-state index contributed by atoms with van der Waals surface area (Å²) < 4.78 is 67.9. The molecule has 43 heavy (non-hydrogen) atoms. The average Bonchev–Trinajstić information content (AvgIpc) is 3.44. The Balaban J connectivity index is 1.76. The third-order valence-electron chi connectivity index (χ3n) is 6.78. The minimum atomic E-state index is -4.09. The number of benzene rings is 2. The summed E-state index contributed by atoms with van der Waals surface area (Å²) in [4.78, 5) is 11.6. The Morgan fingerprint density at radius 3 is 2.30 bits per heavy atom. The monoisotopic (exact) mass is 644 g/mol. The highest BCUT2D eigenvalue weighted by molar-refractivity contribution is 7.89. The lowest BCUT2D eigenvalue weighted by atomic mass is 10.0. The maximum atomic E-state index is 13.7. The van der Waals surface area contributed by atoms with Gasteiger partial charge in [0.25, 0.3) is 0 Å². The molecule has 1 amide bonds. The van der Waals surface area contributed by atoms with Crippen molar-refractivity contribution in [2.75, 3.05) is 39.4 Å². The van der Waals surface area contributed by atoms with E-state index in [0.29, 0.717) is 29.2 Å². The van der Waals surface area contributed by atoms with E-state index in [4.69, 9.17) is 23.3 Å². The molecule has 240 valence electrons. The lowest BCUT2D eigenvalue weighted by molar-refractivity contribution is 0.0974. The van der Waals surface area contributed by atoms with Crippen LogP contribution in [0.2, 0.25) is 0 Å². The van der Waals surface area contributed by atoms with Crippen molar-refractivity contribution < 1.29 is 51.2 Å². The number of nitrogens with zero attached hydrogens (tertiary/aromatic N) is 1. The van der Waals surface area contributed by atoms with Crippen molar-refractivity contribution in [2.45, 2.75) is 57.6 Å². The number of ether oxygens (including phenoxy) is 3. The smallest absolute Gasteiger partial charge is 0.404 e. The number of sulfonamides is 1. The summed E-state index contributed by atoms with van der Waals surface area (Å²) in [5.41, 5.74) is 0.648. The fourth-order valence-electron chi connectivity index (χ4n) is 4.35. The Bertz CT molecular complexity index is 1350. The molecule has 0 saturated carbocycles. The summed E-state index contributed by atoms with van der Waals surface area (Å²) in [5.74, 6) is 1.10.